The number of amides is 3. The summed E-state index contributed by atoms with van der Waals surface area (Å²) >= 11 is 0. The lowest BCUT2D eigenvalue weighted by molar-refractivity contribution is -0.142. The van der Waals surface area contributed by atoms with Crippen LogP contribution < -0.4 is 21.7 Å². The van der Waals surface area contributed by atoms with Crippen molar-refractivity contribution in [2.24, 2.45) is 17.6 Å². The standard InChI is InChI=1S/C26H38N6O5/c1-5-16(4)21(27)24(34)32-22(15(2)3)25(35)30-19(11-17-9-7-6-8-10-17)23(33)31-20(26(36)37)12-18-13-28-14-29-18/h6-10,13-16,19-22H,5,11-12,27H2,1-4H3,(H,28,29)(H,30,35)(H,31,33)(H,32,34)(H,36,37). The maximum absolute atomic E-state index is 13.3. The monoisotopic (exact) mass is 514 g/mol. The van der Waals surface area contributed by atoms with Crippen LogP contribution in [0.3, 0.4) is 0 Å². The first kappa shape index (κ1) is 29.5. The number of carbonyl (C=O) groups is 4. The molecule has 1 aromatic carbocycles. The van der Waals surface area contributed by atoms with Crippen molar-refractivity contribution in [3.05, 3.63) is 54.1 Å². The van der Waals surface area contributed by atoms with Gasteiger partial charge >= 0.3 is 5.97 Å². The number of nitrogens with zero attached hydrogens (tertiary/aromatic N) is 1. The van der Waals surface area contributed by atoms with Crippen molar-refractivity contribution in [1.82, 2.24) is 25.9 Å². The first-order valence-corrected chi connectivity index (χ1v) is 12.4. The van der Waals surface area contributed by atoms with Gasteiger partial charge in [0.25, 0.3) is 0 Å². The van der Waals surface area contributed by atoms with Gasteiger partial charge in [-0.3, -0.25) is 14.4 Å². The normalized spacial score (nSPS) is 15.2. The van der Waals surface area contributed by atoms with Gasteiger partial charge in [0.05, 0.1) is 12.4 Å². The number of aromatic nitrogens is 2. The molecule has 7 N–H and O–H groups in total. The Kier molecular flexibility index (Phi) is 11.3. The molecule has 0 aliphatic carbocycles. The second-order valence-corrected chi connectivity index (χ2v) is 9.57. The number of carboxylic acid groups (broad SMARTS) is 1. The number of aliphatic carboxylic acids is 1. The lowest BCUT2D eigenvalue weighted by Gasteiger charge is -2.28. The Hall–Kier alpha value is -3.73. The van der Waals surface area contributed by atoms with Crippen molar-refractivity contribution in [2.45, 2.75) is 71.1 Å². The fourth-order valence-corrected chi connectivity index (χ4v) is 3.71. The topological polar surface area (TPSA) is 179 Å². The van der Waals surface area contributed by atoms with Crippen LogP contribution in [0.25, 0.3) is 0 Å². The summed E-state index contributed by atoms with van der Waals surface area (Å²) in [7, 11) is 0. The zero-order valence-electron chi connectivity index (χ0n) is 21.7. The van der Waals surface area contributed by atoms with Gasteiger partial charge < -0.3 is 31.8 Å². The molecule has 5 unspecified atom stereocenters. The van der Waals surface area contributed by atoms with Crippen LogP contribution in [0.1, 0.15) is 45.4 Å². The van der Waals surface area contributed by atoms with Crippen LogP contribution in [0.15, 0.2) is 42.9 Å². The zero-order chi connectivity index (χ0) is 27.5. The Morgan fingerprint density at radius 3 is 2.14 bits per heavy atom. The molecular formula is C26H38N6O5. The van der Waals surface area contributed by atoms with Gasteiger partial charge in [0.1, 0.15) is 18.1 Å². The van der Waals surface area contributed by atoms with Crippen molar-refractivity contribution < 1.29 is 24.3 Å². The van der Waals surface area contributed by atoms with E-state index in [1.54, 1.807) is 38.1 Å². The Morgan fingerprint density at radius 2 is 1.59 bits per heavy atom. The second kappa shape index (κ2) is 14.1. The van der Waals surface area contributed by atoms with Crippen LogP contribution in [-0.4, -0.2) is 62.9 Å². The van der Waals surface area contributed by atoms with Crippen molar-refractivity contribution in [3.63, 3.8) is 0 Å². The minimum atomic E-state index is -1.24. The number of carbonyl (C=O) groups excluding carboxylic acids is 3. The molecule has 11 nitrogen and oxygen atoms in total. The average molecular weight is 515 g/mol. The number of imidazole rings is 1. The molecule has 202 valence electrons. The molecule has 0 radical (unpaired) electrons. The third-order valence-electron chi connectivity index (χ3n) is 6.32. The van der Waals surface area contributed by atoms with Crippen molar-refractivity contribution in [1.29, 1.82) is 0 Å². The van der Waals surface area contributed by atoms with Crippen LogP contribution in [0.4, 0.5) is 0 Å². The molecule has 11 heteroatoms. The smallest absolute Gasteiger partial charge is 0.326 e. The van der Waals surface area contributed by atoms with Crippen molar-refractivity contribution in [3.8, 4) is 0 Å². The van der Waals surface area contributed by atoms with E-state index >= 15 is 0 Å². The quantitative estimate of drug-likeness (QED) is 0.215. The molecule has 3 amide bonds. The van der Waals surface area contributed by atoms with Crippen LogP contribution >= 0.6 is 0 Å². The van der Waals surface area contributed by atoms with Crippen LogP contribution in [-0.2, 0) is 32.0 Å². The van der Waals surface area contributed by atoms with Crippen LogP contribution in [0, 0.1) is 11.8 Å². The molecule has 0 fully saturated rings. The summed E-state index contributed by atoms with van der Waals surface area (Å²) in [6.45, 7) is 7.33. The molecule has 0 aliphatic rings. The highest BCUT2D eigenvalue weighted by molar-refractivity contribution is 5.94. The van der Waals surface area contributed by atoms with E-state index in [2.05, 4.69) is 25.9 Å². The Labute approximate surface area is 217 Å². The number of hydrogen-bond acceptors (Lipinski definition) is 6. The fourth-order valence-electron chi connectivity index (χ4n) is 3.71. The van der Waals surface area contributed by atoms with Crippen LogP contribution in [0.5, 0.6) is 0 Å². The summed E-state index contributed by atoms with van der Waals surface area (Å²) in [6.07, 6.45) is 3.72. The molecule has 5 atom stereocenters. The van der Waals surface area contributed by atoms with Crippen LogP contribution in [0.2, 0.25) is 0 Å². The largest absolute Gasteiger partial charge is 0.480 e. The van der Waals surface area contributed by atoms with E-state index in [1.165, 1.54) is 12.5 Å². The Bertz CT molecular complexity index is 1030. The van der Waals surface area contributed by atoms with Gasteiger partial charge in [-0.25, -0.2) is 9.78 Å². The molecule has 2 rings (SSSR count). The third-order valence-corrected chi connectivity index (χ3v) is 6.32. The molecule has 0 bridgehead atoms. The number of rotatable bonds is 14. The van der Waals surface area contributed by atoms with Gasteiger partial charge in [0.2, 0.25) is 17.7 Å². The molecule has 1 heterocycles. The number of H-pyrrole nitrogens is 1. The Balaban J connectivity index is 2.22. The Morgan fingerprint density at radius 1 is 0.946 bits per heavy atom. The van der Waals surface area contributed by atoms with E-state index in [-0.39, 0.29) is 24.7 Å². The molecule has 1 aromatic heterocycles. The molecule has 37 heavy (non-hydrogen) atoms. The van der Waals surface area contributed by atoms with Gasteiger partial charge in [-0.2, -0.15) is 0 Å². The number of aromatic amines is 1. The molecule has 0 aliphatic heterocycles. The lowest BCUT2D eigenvalue weighted by Crippen LogP contribution is -2.59. The SMILES string of the molecule is CCC(C)C(N)C(=O)NC(C(=O)NC(Cc1ccccc1)C(=O)NC(Cc1cnc[nH]1)C(=O)O)C(C)C. The lowest BCUT2D eigenvalue weighted by atomic mass is 9.97. The number of nitrogens with two attached hydrogens (primary N) is 1. The minimum absolute atomic E-state index is 0.00868. The average Bonchev–Trinajstić information content (AvgIpc) is 3.38. The van der Waals surface area contributed by atoms with E-state index in [4.69, 9.17) is 5.73 Å². The summed E-state index contributed by atoms with van der Waals surface area (Å²) in [5.41, 5.74) is 7.35. The van der Waals surface area contributed by atoms with E-state index in [9.17, 15) is 24.3 Å². The molecule has 0 saturated carbocycles. The van der Waals surface area contributed by atoms with E-state index in [0.29, 0.717) is 12.1 Å². The molecular weight excluding hydrogens is 476 g/mol. The highest BCUT2D eigenvalue weighted by Crippen LogP contribution is 2.10. The fraction of sp³-hybridized carbons (Fsp3) is 0.500. The summed E-state index contributed by atoms with van der Waals surface area (Å²) in [4.78, 5) is 57.7. The molecule has 0 spiro atoms. The predicted octanol–water partition coefficient (Wildman–Crippen LogP) is 0.763. The van der Waals surface area contributed by atoms with Crippen molar-refractivity contribution >= 4 is 23.7 Å². The van der Waals surface area contributed by atoms with E-state index < -0.39 is 47.9 Å². The summed E-state index contributed by atoms with van der Waals surface area (Å²) in [5.74, 6) is -3.25. The minimum Gasteiger partial charge on any atom is -0.480 e. The highest BCUT2D eigenvalue weighted by atomic mass is 16.4. The van der Waals surface area contributed by atoms with Crippen molar-refractivity contribution in [2.75, 3.05) is 0 Å². The maximum Gasteiger partial charge on any atom is 0.326 e. The summed E-state index contributed by atoms with van der Waals surface area (Å²) < 4.78 is 0. The van der Waals surface area contributed by atoms with Gasteiger partial charge in [0, 0.05) is 24.7 Å². The number of benzene rings is 1. The van der Waals surface area contributed by atoms with Gasteiger partial charge in [-0.15, -0.1) is 0 Å². The highest BCUT2D eigenvalue weighted by Gasteiger charge is 2.32. The van der Waals surface area contributed by atoms with Gasteiger partial charge in [0.15, 0.2) is 0 Å². The predicted molar refractivity (Wildman–Crippen MR) is 138 cm³/mol. The third kappa shape index (κ3) is 9.02. The first-order chi connectivity index (χ1) is 17.5. The summed E-state index contributed by atoms with van der Waals surface area (Å²) in [6, 6.07) is 5.01. The molecule has 0 saturated heterocycles. The first-order valence-electron chi connectivity index (χ1n) is 12.4. The number of hydrogen-bond donors (Lipinski definition) is 6. The zero-order valence-corrected chi connectivity index (χ0v) is 21.7. The summed E-state index contributed by atoms with van der Waals surface area (Å²) in [5, 5.41) is 17.6. The maximum atomic E-state index is 13.3. The van der Waals surface area contributed by atoms with Gasteiger partial charge in [-0.1, -0.05) is 64.4 Å². The number of carboxylic acids is 1. The number of nitrogens with one attached hydrogen (secondary N) is 4. The van der Waals surface area contributed by atoms with E-state index in [1.807, 2.05) is 19.9 Å². The second-order valence-electron chi connectivity index (χ2n) is 9.57. The van der Waals surface area contributed by atoms with E-state index in [0.717, 1.165) is 5.56 Å². The van der Waals surface area contributed by atoms with Gasteiger partial charge in [-0.05, 0) is 17.4 Å². The molecule has 2 aromatic rings.